The van der Waals surface area contributed by atoms with Gasteiger partial charge in [-0.15, -0.1) is 11.3 Å². The number of nitrogens with zero attached hydrogens (tertiary/aromatic N) is 5. The highest BCUT2D eigenvalue weighted by Crippen LogP contribution is 2.43. The van der Waals surface area contributed by atoms with Gasteiger partial charge in [0, 0.05) is 58.4 Å². The highest BCUT2D eigenvalue weighted by atomic mass is 32.1. The zero-order chi connectivity index (χ0) is 45.2. The van der Waals surface area contributed by atoms with Crippen molar-refractivity contribution in [1.82, 2.24) is 24.1 Å². The van der Waals surface area contributed by atoms with Crippen molar-refractivity contribution in [3.63, 3.8) is 0 Å². The van der Waals surface area contributed by atoms with Crippen LogP contribution in [0.2, 0.25) is 0 Å². The number of thiophene rings is 1. The van der Waals surface area contributed by atoms with Crippen LogP contribution in [0.1, 0.15) is 0 Å². The molecule has 0 atom stereocenters. The predicted molar refractivity (Wildman–Crippen MR) is 290 cm³/mol. The highest BCUT2D eigenvalue weighted by molar-refractivity contribution is 7.25. The third-order valence-corrected chi connectivity index (χ3v) is 15.3. The van der Waals surface area contributed by atoms with E-state index in [9.17, 15) is 0 Å². The molecule has 0 spiro atoms. The molecular formula is C63H37N5S. The van der Waals surface area contributed by atoms with Gasteiger partial charge in [0.25, 0.3) is 0 Å². The van der Waals surface area contributed by atoms with Crippen LogP contribution in [0, 0.1) is 0 Å². The molecule has 4 heterocycles. The minimum Gasteiger partial charge on any atom is -0.309 e. The minimum absolute atomic E-state index is 0.569. The molecule has 6 heteroatoms. The molecule has 0 saturated carbocycles. The first-order chi connectivity index (χ1) is 34.2. The van der Waals surface area contributed by atoms with Crippen molar-refractivity contribution in [3.05, 3.63) is 224 Å². The van der Waals surface area contributed by atoms with E-state index < -0.39 is 0 Å². The van der Waals surface area contributed by atoms with Gasteiger partial charge in [-0.05, 0) is 86.4 Å². The van der Waals surface area contributed by atoms with Crippen LogP contribution in [0.4, 0.5) is 0 Å². The highest BCUT2D eigenvalue weighted by Gasteiger charge is 2.23. The molecule has 0 unspecified atom stereocenters. The quantitative estimate of drug-likeness (QED) is 0.162. The summed E-state index contributed by atoms with van der Waals surface area (Å²) in [5.41, 5.74) is 9.61. The van der Waals surface area contributed by atoms with E-state index in [1.165, 1.54) is 68.8 Å². The van der Waals surface area contributed by atoms with E-state index in [1.54, 1.807) is 11.3 Å². The Bertz CT molecular complexity index is 4580. The molecule has 0 aliphatic carbocycles. The Morgan fingerprint density at radius 1 is 0.275 bits per heavy atom. The van der Waals surface area contributed by atoms with Gasteiger partial charge in [0.1, 0.15) is 0 Å². The SMILES string of the molecule is c1ccc(-c2nc(-c3ccc4c(c3)sc3ccccc34)nc(-n3c4ccccc4c4cc5c6ccccc6n(-c6ccccc6-c6ccc7c8ccccc8c8ccccc8c7c6)c5cc43)n2)cc1. The second kappa shape index (κ2) is 14.8. The van der Waals surface area contributed by atoms with Crippen LogP contribution in [0.5, 0.6) is 0 Å². The fraction of sp³-hybridized carbons (Fsp3) is 0. The average Bonchev–Trinajstić information content (AvgIpc) is 4.07. The maximum absolute atomic E-state index is 5.39. The van der Waals surface area contributed by atoms with E-state index in [-0.39, 0.29) is 0 Å². The summed E-state index contributed by atoms with van der Waals surface area (Å²) in [6.07, 6.45) is 0. The smallest absolute Gasteiger partial charge is 0.238 e. The topological polar surface area (TPSA) is 48.5 Å². The summed E-state index contributed by atoms with van der Waals surface area (Å²) in [6.45, 7) is 0. The van der Waals surface area contributed by atoms with E-state index in [0.29, 0.717) is 17.6 Å². The minimum atomic E-state index is 0.569. The van der Waals surface area contributed by atoms with E-state index in [0.717, 1.165) is 55.2 Å². The zero-order valence-electron chi connectivity index (χ0n) is 37.0. The fourth-order valence-electron chi connectivity index (χ4n) is 11.1. The van der Waals surface area contributed by atoms with Gasteiger partial charge in [-0.2, -0.15) is 9.97 Å². The Morgan fingerprint density at radius 3 is 1.51 bits per heavy atom. The van der Waals surface area contributed by atoms with Crippen LogP contribution in [0.3, 0.4) is 0 Å². The molecule has 320 valence electrons. The Hall–Kier alpha value is -8.97. The maximum atomic E-state index is 5.39. The number of rotatable bonds is 5. The first-order valence-corrected chi connectivity index (χ1v) is 24.2. The Kier molecular flexibility index (Phi) is 8.17. The van der Waals surface area contributed by atoms with Crippen molar-refractivity contribution < 1.29 is 0 Å². The largest absolute Gasteiger partial charge is 0.309 e. The number of aromatic nitrogens is 5. The van der Waals surface area contributed by atoms with Gasteiger partial charge in [-0.25, -0.2) is 4.98 Å². The van der Waals surface area contributed by atoms with E-state index >= 15 is 0 Å². The lowest BCUT2D eigenvalue weighted by atomic mass is 9.92. The standard InChI is InChI=1S/C63H37N5S/c1-2-16-38(17-3-1)61-64-62(40-31-33-50-49-25-11-15-29-59(49)69-60(50)35-40)66-63(65-61)68-56-28-14-10-24-48(56)53-36-52-47-23-9-13-27-55(47)67(57(52)37-58(53)68)54-26-12-8-18-41(54)39-30-32-46-44-21-5-4-19-42(44)43-20-6-7-22-45(43)51(46)34-39/h1-37H. The monoisotopic (exact) mass is 895 g/mol. The molecule has 4 aromatic heterocycles. The Balaban J connectivity index is 0.984. The third kappa shape index (κ3) is 5.73. The molecule has 11 aromatic carbocycles. The van der Waals surface area contributed by atoms with Crippen molar-refractivity contribution in [2.24, 2.45) is 0 Å². The molecule has 15 rings (SSSR count). The number of para-hydroxylation sites is 3. The second-order valence-corrected chi connectivity index (χ2v) is 19.0. The van der Waals surface area contributed by atoms with Crippen LogP contribution in [0.25, 0.3) is 142 Å². The summed E-state index contributed by atoms with van der Waals surface area (Å²) in [6, 6.07) is 81.1. The Morgan fingerprint density at radius 2 is 0.783 bits per heavy atom. The van der Waals surface area contributed by atoms with E-state index in [2.05, 4.69) is 215 Å². The maximum Gasteiger partial charge on any atom is 0.238 e. The van der Waals surface area contributed by atoms with Crippen molar-refractivity contribution >= 4 is 107 Å². The molecule has 0 saturated heterocycles. The summed E-state index contributed by atoms with van der Waals surface area (Å²) < 4.78 is 7.17. The Labute approximate surface area is 399 Å². The number of hydrogen-bond acceptors (Lipinski definition) is 4. The molecule has 0 aliphatic heterocycles. The third-order valence-electron chi connectivity index (χ3n) is 14.2. The lowest BCUT2D eigenvalue weighted by Crippen LogP contribution is -2.06. The van der Waals surface area contributed by atoms with Crippen molar-refractivity contribution in [2.75, 3.05) is 0 Å². The van der Waals surface area contributed by atoms with Gasteiger partial charge in [0.15, 0.2) is 11.6 Å². The summed E-state index contributed by atoms with van der Waals surface area (Å²) in [5.74, 6) is 1.82. The molecular weight excluding hydrogens is 859 g/mol. The van der Waals surface area contributed by atoms with Crippen LogP contribution >= 0.6 is 11.3 Å². The molecule has 69 heavy (non-hydrogen) atoms. The lowest BCUT2D eigenvalue weighted by molar-refractivity contribution is 0.954. The van der Waals surface area contributed by atoms with Crippen molar-refractivity contribution in [3.8, 4) is 45.5 Å². The number of hydrogen-bond donors (Lipinski definition) is 0. The molecule has 0 fully saturated rings. The summed E-state index contributed by atoms with van der Waals surface area (Å²) in [5, 5.41) is 14.7. The first-order valence-electron chi connectivity index (χ1n) is 23.3. The summed E-state index contributed by atoms with van der Waals surface area (Å²) >= 11 is 1.80. The second-order valence-electron chi connectivity index (χ2n) is 17.9. The van der Waals surface area contributed by atoms with Crippen LogP contribution in [-0.2, 0) is 0 Å². The molecule has 5 nitrogen and oxygen atoms in total. The summed E-state index contributed by atoms with van der Waals surface area (Å²) in [4.78, 5) is 15.9. The van der Waals surface area contributed by atoms with Crippen molar-refractivity contribution in [1.29, 1.82) is 0 Å². The molecule has 15 aromatic rings. The van der Waals surface area contributed by atoms with Crippen LogP contribution in [0.15, 0.2) is 224 Å². The summed E-state index contributed by atoms with van der Waals surface area (Å²) in [7, 11) is 0. The molecule has 0 amide bonds. The van der Waals surface area contributed by atoms with Gasteiger partial charge in [-0.3, -0.25) is 4.57 Å². The van der Waals surface area contributed by atoms with Gasteiger partial charge in [0.05, 0.1) is 27.8 Å². The molecule has 0 N–H and O–H groups in total. The van der Waals surface area contributed by atoms with Gasteiger partial charge >= 0.3 is 0 Å². The van der Waals surface area contributed by atoms with Gasteiger partial charge < -0.3 is 4.57 Å². The van der Waals surface area contributed by atoms with Crippen LogP contribution < -0.4 is 0 Å². The predicted octanol–water partition coefficient (Wildman–Crippen LogP) is 16.9. The zero-order valence-corrected chi connectivity index (χ0v) is 37.8. The van der Waals surface area contributed by atoms with Crippen molar-refractivity contribution in [2.45, 2.75) is 0 Å². The fourth-order valence-corrected chi connectivity index (χ4v) is 12.2. The van der Waals surface area contributed by atoms with E-state index in [4.69, 9.17) is 15.0 Å². The lowest BCUT2D eigenvalue weighted by Gasteiger charge is -2.16. The van der Waals surface area contributed by atoms with Gasteiger partial charge in [0.2, 0.25) is 5.95 Å². The number of fused-ring (bicyclic) bond motifs is 15. The average molecular weight is 896 g/mol. The normalized spacial score (nSPS) is 12.1. The molecule has 0 radical (unpaired) electrons. The van der Waals surface area contributed by atoms with Gasteiger partial charge in [-0.1, -0.05) is 176 Å². The molecule has 0 bridgehead atoms. The number of benzene rings is 11. The first kappa shape index (κ1) is 38.2. The molecule has 0 aliphatic rings. The van der Waals surface area contributed by atoms with E-state index in [1.807, 2.05) is 18.2 Å². The van der Waals surface area contributed by atoms with Crippen LogP contribution in [-0.4, -0.2) is 24.1 Å².